The molecule has 1 aromatic carbocycles. The second-order valence-electron chi connectivity index (χ2n) is 4.47. The highest BCUT2D eigenvalue weighted by Crippen LogP contribution is 2.27. The van der Waals surface area contributed by atoms with Gasteiger partial charge in [-0.1, -0.05) is 12.1 Å². The van der Waals surface area contributed by atoms with Gasteiger partial charge in [0, 0.05) is 18.1 Å². The molecule has 2 nitrogen and oxygen atoms in total. The van der Waals surface area contributed by atoms with Crippen molar-refractivity contribution >= 4 is 10.9 Å². The smallest absolute Gasteiger partial charge is 0.147 e. The normalized spacial score (nSPS) is 11.3. The fourth-order valence-electron chi connectivity index (χ4n) is 2.49. The SMILES string of the molecule is CNCCCc1c(C)c2cccc(F)c2n1C. The van der Waals surface area contributed by atoms with Gasteiger partial charge in [-0.15, -0.1) is 0 Å². The Morgan fingerprint density at radius 2 is 2.12 bits per heavy atom. The predicted octanol–water partition coefficient (Wildman–Crippen LogP) is 2.78. The summed E-state index contributed by atoms with van der Waals surface area (Å²) >= 11 is 0. The molecule has 0 aliphatic heterocycles. The van der Waals surface area contributed by atoms with Gasteiger partial charge in [-0.2, -0.15) is 0 Å². The third kappa shape index (κ3) is 2.07. The maximum atomic E-state index is 13.8. The number of benzene rings is 1. The molecule has 1 heterocycles. The lowest BCUT2D eigenvalue weighted by atomic mass is 10.1. The van der Waals surface area contributed by atoms with Gasteiger partial charge in [-0.25, -0.2) is 4.39 Å². The zero-order valence-electron chi connectivity index (χ0n) is 10.7. The summed E-state index contributed by atoms with van der Waals surface area (Å²) in [6, 6.07) is 5.30. The van der Waals surface area contributed by atoms with Crippen LogP contribution in [0.2, 0.25) is 0 Å². The maximum Gasteiger partial charge on any atom is 0.147 e. The Morgan fingerprint density at radius 1 is 1.35 bits per heavy atom. The molecule has 0 aliphatic rings. The molecule has 0 saturated carbocycles. The van der Waals surface area contributed by atoms with Crippen molar-refractivity contribution in [3.63, 3.8) is 0 Å². The van der Waals surface area contributed by atoms with E-state index in [2.05, 4.69) is 12.2 Å². The van der Waals surface area contributed by atoms with Crippen LogP contribution in [-0.2, 0) is 13.5 Å². The molecule has 1 aromatic heterocycles. The lowest BCUT2D eigenvalue weighted by Gasteiger charge is -2.05. The Balaban J connectivity index is 2.46. The van der Waals surface area contributed by atoms with E-state index < -0.39 is 0 Å². The topological polar surface area (TPSA) is 17.0 Å². The molecule has 0 aliphatic carbocycles. The molecule has 0 saturated heterocycles. The summed E-state index contributed by atoms with van der Waals surface area (Å²) < 4.78 is 15.8. The number of aryl methyl sites for hydroxylation is 2. The molecular weight excluding hydrogens is 215 g/mol. The Morgan fingerprint density at radius 3 is 2.76 bits per heavy atom. The number of rotatable bonds is 4. The van der Waals surface area contributed by atoms with E-state index in [9.17, 15) is 4.39 Å². The highest BCUT2D eigenvalue weighted by Gasteiger charge is 2.13. The van der Waals surface area contributed by atoms with Gasteiger partial charge in [-0.3, -0.25) is 0 Å². The summed E-state index contributed by atoms with van der Waals surface area (Å²) in [5.41, 5.74) is 3.17. The van der Waals surface area contributed by atoms with Crippen molar-refractivity contribution in [2.24, 2.45) is 7.05 Å². The molecule has 0 unspecified atom stereocenters. The van der Waals surface area contributed by atoms with Crippen LogP contribution in [0.3, 0.4) is 0 Å². The quantitative estimate of drug-likeness (QED) is 0.805. The molecule has 0 bridgehead atoms. The first kappa shape index (κ1) is 12.1. The van der Waals surface area contributed by atoms with Crippen molar-refractivity contribution < 1.29 is 4.39 Å². The predicted molar refractivity (Wildman–Crippen MR) is 69.9 cm³/mol. The highest BCUT2D eigenvalue weighted by atomic mass is 19.1. The van der Waals surface area contributed by atoms with E-state index in [1.807, 2.05) is 24.7 Å². The van der Waals surface area contributed by atoms with Gasteiger partial charge >= 0.3 is 0 Å². The molecule has 2 aromatic rings. The fraction of sp³-hybridized carbons (Fsp3) is 0.429. The number of fused-ring (bicyclic) bond motifs is 1. The van der Waals surface area contributed by atoms with Crippen molar-refractivity contribution in [3.05, 3.63) is 35.3 Å². The van der Waals surface area contributed by atoms with E-state index in [0.717, 1.165) is 30.3 Å². The second-order valence-corrected chi connectivity index (χ2v) is 4.47. The van der Waals surface area contributed by atoms with Crippen molar-refractivity contribution in [2.75, 3.05) is 13.6 Å². The summed E-state index contributed by atoms with van der Waals surface area (Å²) in [6.45, 7) is 3.07. The Bertz CT molecular complexity index is 528. The second kappa shape index (κ2) is 4.88. The standard InChI is InChI=1S/C14H19FN2/c1-10-11-6-4-7-12(15)14(11)17(3)13(10)8-5-9-16-2/h4,6-7,16H,5,8-9H2,1-3H3. The summed E-state index contributed by atoms with van der Waals surface area (Å²) in [6.07, 6.45) is 2.06. The summed E-state index contributed by atoms with van der Waals surface area (Å²) in [4.78, 5) is 0. The monoisotopic (exact) mass is 234 g/mol. The number of hydrogen-bond donors (Lipinski definition) is 1. The van der Waals surface area contributed by atoms with Gasteiger partial charge < -0.3 is 9.88 Å². The number of para-hydroxylation sites is 1. The minimum absolute atomic E-state index is 0.132. The first-order valence-electron chi connectivity index (χ1n) is 6.03. The van der Waals surface area contributed by atoms with Crippen LogP contribution in [0.1, 0.15) is 17.7 Å². The van der Waals surface area contributed by atoms with E-state index in [0.29, 0.717) is 0 Å². The number of halogens is 1. The van der Waals surface area contributed by atoms with Crippen molar-refractivity contribution in [1.29, 1.82) is 0 Å². The minimum atomic E-state index is -0.132. The van der Waals surface area contributed by atoms with E-state index in [-0.39, 0.29) is 5.82 Å². The van der Waals surface area contributed by atoms with E-state index in [1.165, 1.54) is 17.3 Å². The van der Waals surface area contributed by atoms with Crippen molar-refractivity contribution in [2.45, 2.75) is 19.8 Å². The molecule has 3 heteroatoms. The van der Waals surface area contributed by atoms with Gasteiger partial charge in [0.1, 0.15) is 5.82 Å². The summed E-state index contributed by atoms with van der Waals surface area (Å²) in [7, 11) is 3.90. The molecular formula is C14H19FN2. The van der Waals surface area contributed by atoms with E-state index >= 15 is 0 Å². The van der Waals surface area contributed by atoms with Crippen molar-refractivity contribution in [1.82, 2.24) is 9.88 Å². The van der Waals surface area contributed by atoms with Crippen LogP contribution in [0.4, 0.5) is 4.39 Å². The fourth-order valence-corrected chi connectivity index (χ4v) is 2.49. The van der Waals surface area contributed by atoms with Gasteiger partial charge in [-0.05, 0) is 45.0 Å². The minimum Gasteiger partial charge on any atom is -0.345 e. The number of nitrogens with one attached hydrogen (secondary N) is 1. The first-order valence-corrected chi connectivity index (χ1v) is 6.03. The largest absolute Gasteiger partial charge is 0.345 e. The van der Waals surface area contributed by atoms with Gasteiger partial charge in [0.05, 0.1) is 5.52 Å². The van der Waals surface area contributed by atoms with Crippen LogP contribution in [-0.4, -0.2) is 18.2 Å². The van der Waals surface area contributed by atoms with Crippen LogP contribution in [0, 0.1) is 12.7 Å². The average Bonchev–Trinajstić information content (AvgIpc) is 2.55. The third-order valence-electron chi connectivity index (χ3n) is 3.40. The summed E-state index contributed by atoms with van der Waals surface area (Å²) in [5.74, 6) is -0.132. The zero-order chi connectivity index (χ0) is 12.4. The molecule has 0 amide bonds. The lowest BCUT2D eigenvalue weighted by Crippen LogP contribution is -2.10. The first-order chi connectivity index (χ1) is 8.16. The average molecular weight is 234 g/mol. The number of hydrogen-bond acceptors (Lipinski definition) is 1. The molecule has 0 radical (unpaired) electrons. The van der Waals surface area contributed by atoms with Crippen LogP contribution in [0.25, 0.3) is 10.9 Å². The lowest BCUT2D eigenvalue weighted by molar-refractivity contribution is 0.628. The van der Waals surface area contributed by atoms with E-state index in [4.69, 9.17) is 0 Å². The summed E-state index contributed by atoms with van der Waals surface area (Å²) in [5, 5.41) is 4.17. The van der Waals surface area contributed by atoms with Crippen LogP contribution >= 0.6 is 0 Å². The molecule has 17 heavy (non-hydrogen) atoms. The Kier molecular flexibility index (Phi) is 3.48. The molecule has 2 rings (SSSR count). The molecule has 0 fully saturated rings. The van der Waals surface area contributed by atoms with Crippen LogP contribution in [0.5, 0.6) is 0 Å². The molecule has 1 N–H and O–H groups in total. The van der Waals surface area contributed by atoms with Crippen LogP contribution < -0.4 is 5.32 Å². The third-order valence-corrected chi connectivity index (χ3v) is 3.40. The molecule has 92 valence electrons. The molecule has 0 atom stereocenters. The molecule has 0 spiro atoms. The number of nitrogens with zero attached hydrogens (tertiary/aromatic N) is 1. The maximum absolute atomic E-state index is 13.8. The van der Waals surface area contributed by atoms with Gasteiger partial charge in [0.15, 0.2) is 0 Å². The van der Waals surface area contributed by atoms with Crippen molar-refractivity contribution in [3.8, 4) is 0 Å². The van der Waals surface area contributed by atoms with Gasteiger partial charge in [0.2, 0.25) is 0 Å². The van der Waals surface area contributed by atoms with Gasteiger partial charge in [0.25, 0.3) is 0 Å². The Labute approximate surface area is 101 Å². The van der Waals surface area contributed by atoms with E-state index in [1.54, 1.807) is 6.07 Å². The zero-order valence-corrected chi connectivity index (χ0v) is 10.7. The Hall–Kier alpha value is -1.35. The van der Waals surface area contributed by atoms with Crippen LogP contribution in [0.15, 0.2) is 18.2 Å². The highest BCUT2D eigenvalue weighted by molar-refractivity contribution is 5.85. The number of aromatic nitrogens is 1.